The number of aryl methyl sites for hydroxylation is 2. The summed E-state index contributed by atoms with van der Waals surface area (Å²) < 4.78 is 7.26. The summed E-state index contributed by atoms with van der Waals surface area (Å²) in [6.45, 7) is 7.58. The van der Waals surface area contributed by atoms with Crippen LogP contribution < -0.4 is 5.32 Å². The molecule has 2 aromatic rings. The van der Waals surface area contributed by atoms with Gasteiger partial charge in [-0.3, -0.25) is 14.4 Å². The van der Waals surface area contributed by atoms with Crippen LogP contribution in [0.15, 0.2) is 16.8 Å². The van der Waals surface area contributed by atoms with Crippen molar-refractivity contribution in [2.24, 2.45) is 11.8 Å². The number of hydrogen-bond acceptors (Lipinski definition) is 5. The summed E-state index contributed by atoms with van der Waals surface area (Å²) in [5, 5.41) is 11.6. The smallest absolute Gasteiger partial charge is 0.226 e. The first kappa shape index (κ1) is 16.3. The average molecular weight is 343 g/mol. The molecule has 0 bridgehead atoms. The van der Waals surface area contributed by atoms with E-state index in [-0.39, 0.29) is 11.8 Å². The van der Waals surface area contributed by atoms with E-state index >= 15 is 0 Å². The molecule has 3 heterocycles. The van der Waals surface area contributed by atoms with E-state index in [1.807, 2.05) is 30.8 Å². The second kappa shape index (κ2) is 6.63. The Hall–Kier alpha value is -2.15. The molecule has 1 aliphatic heterocycles. The van der Waals surface area contributed by atoms with Crippen molar-refractivity contribution in [3.05, 3.63) is 35.0 Å². The third kappa shape index (κ3) is 3.61. The highest BCUT2D eigenvalue weighted by Gasteiger charge is 2.30. The lowest BCUT2D eigenvalue weighted by Crippen LogP contribution is -2.39. The van der Waals surface area contributed by atoms with Crippen LogP contribution in [-0.2, 0) is 24.4 Å². The highest BCUT2D eigenvalue weighted by Crippen LogP contribution is 2.28. The zero-order valence-corrected chi connectivity index (χ0v) is 14.9. The fraction of sp³-hybridized carbons (Fsp3) is 0.611. The Morgan fingerprint density at radius 2 is 2.20 bits per heavy atom. The second-order valence-electron chi connectivity index (χ2n) is 7.36. The molecule has 1 unspecified atom stereocenters. The van der Waals surface area contributed by atoms with Gasteiger partial charge in [-0.2, -0.15) is 5.10 Å². The van der Waals surface area contributed by atoms with Gasteiger partial charge >= 0.3 is 0 Å². The van der Waals surface area contributed by atoms with E-state index in [1.165, 1.54) is 12.8 Å². The second-order valence-corrected chi connectivity index (χ2v) is 7.36. The standard InChI is InChI=1S/C18H25N5O2/c1-12-17(13(2)25-21-12)11-22-8-15(18(24)19-7-14-3-4-14)9-23-16(10-22)5-6-20-23/h5-6,14-15H,3-4,7-11H2,1-2H3,(H,19,24). The first-order valence-electron chi connectivity index (χ1n) is 9.02. The monoisotopic (exact) mass is 343 g/mol. The van der Waals surface area contributed by atoms with Gasteiger partial charge in [-0.15, -0.1) is 0 Å². The molecule has 1 fully saturated rings. The van der Waals surface area contributed by atoms with Crippen molar-refractivity contribution in [2.75, 3.05) is 13.1 Å². The molecular formula is C18H25N5O2. The van der Waals surface area contributed by atoms with Gasteiger partial charge in [0.15, 0.2) is 0 Å². The molecule has 7 heteroatoms. The number of nitrogens with one attached hydrogen (secondary N) is 1. The van der Waals surface area contributed by atoms with Crippen LogP contribution in [0.4, 0.5) is 0 Å². The highest BCUT2D eigenvalue weighted by molar-refractivity contribution is 5.78. The summed E-state index contributed by atoms with van der Waals surface area (Å²) in [6, 6.07) is 2.03. The minimum Gasteiger partial charge on any atom is -0.361 e. The third-order valence-electron chi connectivity index (χ3n) is 5.26. The summed E-state index contributed by atoms with van der Waals surface area (Å²) in [5.74, 6) is 1.58. The molecule has 134 valence electrons. The molecule has 1 atom stereocenters. The molecule has 1 N–H and O–H groups in total. The van der Waals surface area contributed by atoms with Crippen LogP contribution in [0, 0.1) is 25.7 Å². The quantitative estimate of drug-likeness (QED) is 0.893. The van der Waals surface area contributed by atoms with Crippen LogP contribution in [0.3, 0.4) is 0 Å². The zero-order chi connectivity index (χ0) is 17.4. The fourth-order valence-corrected chi connectivity index (χ4v) is 3.48. The van der Waals surface area contributed by atoms with Crippen molar-refractivity contribution in [1.29, 1.82) is 0 Å². The van der Waals surface area contributed by atoms with Crippen LogP contribution in [-0.4, -0.2) is 38.8 Å². The fourth-order valence-electron chi connectivity index (χ4n) is 3.48. The predicted octanol–water partition coefficient (Wildman–Crippen LogP) is 1.65. The van der Waals surface area contributed by atoms with Gasteiger partial charge < -0.3 is 9.84 Å². The van der Waals surface area contributed by atoms with Gasteiger partial charge in [0.05, 0.1) is 23.9 Å². The summed E-state index contributed by atoms with van der Waals surface area (Å²) in [4.78, 5) is 15.0. The first-order chi connectivity index (χ1) is 12.1. The Bertz CT molecular complexity index is 742. The van der Waals surface area contributed by atoms with Crippen LogP contribution in [0.25, 0.3) is 0 Å². The van der Waals surface area contributed by atoms with E-state index in [0.717, 1.165) is 42.3 Å². The SMILES string of the molecule is Cc1noc(C)c1CN1Cc2ccnn2CC(C(=O)NCC2CC2)C1. The number of nitrogens with zero attached hydrogens (tertiary/aromatic N) is 4. The summed E-state index contributed by atoms with van der Waals surface area (Å²) in [6.07, 6.45) is 4.30. The van der Waals surface area contributed by atoms with E-state index in [0.29, 0.717) is 19.0 Å². The van der Waals surface area contributed by atoms with Crippen molar-refractivity contribution in [1.82, 2.24) is 25.2 Å². The Balaban J connectivity index is 1.51. The number of aromatic nitrogens is 3. The van der Waals surface area contributed by atoms with Gasteiger partial charge in [-0.25, -0.2) is 0 Å². The van der Waals surface area contributed by atoms with Crippen LogP contribution >= 0.6 is 0 Å². The average Bonchev–Trinajstić information content (AvgIpc) is 3.30. The van der Waals surface area contributed by atoms with E-state index < -0.39 is 0 Å². The lowest BCUT2D eigenvalue weighted by atomic mass is 10.1. The van der Waals surface area contributed by atoms with Gasteiger partial charge in [0.1, 0.15) is 5.76 Å². The highest BCUT2D eigenvalue weighted by atomic mass is 16.5. The van der Waals surface area contributed by atoms with Crippen LogP contribution in [0.5, 0.6) is 0 Å². The van der Waals surface area contributed by atoms with Crippen LogP contribution in [0.1, 0.15) is 35.6 Å². The number of carbonyl (C=O) groups is 1. The molecule has 0 saturated heterocycles. The Kier molecular flexibility index (Phi) is 4.33. The molecule has 4 rings (SSSR count). The topological polar surface area (TPSA) is 76.2 Å². The van der Waals surface area contributed by atoms with E-state index in [1.54, 1.807) is 0 Å². The van der Waals surface area contributed by atoms with Crippen molar-refractivity contribution in [3.8, 4) is 0 Å². The normalized spacial score (nSPS) is 21.0. The molecule has 7 nitrogen and oxygen atoms in total. The zero-order valence-electron chi connectivity index (χ0n) is 14.9. The van der Waals surface area contributed by atoms with Gasteiger partial charge in [-0.1, -0.05) is 5.16 Å². The third-order valence-corrected chi connectivity index (χ3v) is 5.26. The lowest BCUT2D eigenvalue weighted by Gasteiger charge is -2.23. The minimum absolute atomic E-state index is 0.0969. The molecular weight excluding hydrogens is 318 g/mol. The molecule has 0 spiro atoms. The summed E-state index contributed by atoms with van der Waals surface area (Å²) in [5.41, 5.74) is 3.18. The number of carbonyl (C=O) groups excluding carboxylic acids is 1. The van der Waals surface area contributed by atoms with Crippen molar-refractivity contribution < 1.29 is 9.32 Å². The number of amides is 1. The lowest BCUT2D eigenvalue weighted by molar-refractivity contribution is -0.126. The number of fused-ring (bicyclic) bond motifs is 1. The van der Waals surface area contributed by atoms with Gasteiger partial charge in [0.2, 0.25) is 5.91 Å². The van der Waals surface area contributed by atoms with Crippen molar-refractivity contribution in [3.63, 3.8) is 0 Å². The first-order valence-corrected chi connectivity index (χ1v) is 9.02. The Morgan fingerprint density at radius 3 is 2.92 bits per heavy atom. The predicted molar refractivity (Wildman–Crippen MR) is 91.5 cm³/mol. The Labute approximate surface area is 147 Å². The molecule has 1 aliphatic carbocycles. The van der Waals surface area contributed by atoms with E-state index in [4.69, 9.17) is 4.52 Å². The summed E-state index contributed by atoms with van der Waals surface area (Å²) >= 11 is 0. The van der Waals surface area contributed by atoms with Gasteiger partial charge in [-0.05, 0) is 38.7 Å². The minimum atomic E-state index is -0.0969. The summed E-state index contributed by atoms with van der Waals surface area (Å²) in [7, 11) is 0. The molecule has 1 saturated carbocycles. The molecule has 0 radical (unpaired) electrons. The number of hydrogen-bond donors (Lipinski definition) is 1. The van der Waals surface area contributed by atoms with Crippen LogP contribution in [0.2, 0.25) is 0 Å². The van der Waals surface area contributed by atoms with E-state index in [2.05, 4.69) is 20.5 Å². The maximum Gasteiger partial charge on any atom is 0.226 e. The molecule has 25 heavy (non-hydrogen) atoms. The van der Waals surface area contributed by atoms with Crippen molar-refractivity contribution in [2.45, 2.75) is 46.3 Å². The maximum atomic E-state index is 12.7. The Morgan fingerprint density at radius 1 is 1.36 bits per heavy atom. The van der Waals surface area contributed by atoms with Crippen molar-refractivity contribution >= 4 is 5.91 Å². The molecule has 2 aromatic heterocycles. The van der Waals surface area contributed by atoms with E-state index in [9.17, 15) is 4.79 Å². The maximum absolute atomic E-state index is 12.7. The number of rotatable bonds is 5. The molecule has 0 aromatic carbocycles. The van der Waals surface area contributed by atoms with Gasteiger partial charge in [0.25, 0.3) is 0 Å². The molecule has 2 aliphatic rings. The molecule has 1 amide bonds. The van der Waals surface area contributed by atoms with Gasteiger partial charge in [0, 0.05) is 37.9 Å². The largest absolute Gasteiger partial charge is 0.361 e.